The fourth-order valence-electron chi connectivity index (χ4n) is 2.98. The van der Waals surface area contributed by atoms with Gasteiger partial charge in [0, 0.05) is 5.56 Å². The molecule has 0 saturated carbocycles. The van der Waals surface area contributed by atoms with Crippen LogP contribution < -0.4 is 4.74 Å². The first-order valence-electron chi connectivity index (χ1n) is 10.1. The predicted octanol–water partition coefficient (Wildman–Crippen LogP) is 4.19. The molecule has 4 nitrogen and oxygen atoms in total. The van der Waals surface area contributed by atoms with Crippen molar-refractivity contribution in [3.63, 3.8) is 0 Å². The highest BCUT2D eigenvalue weighted by Crippen LogP contribution is 2.25. The van der Waals surface area contributed by atoms with Crippen molar-refractivity contribution in [2.45, 2.75) is 65.8 Å². The lowest BCUT2D eigenvalue weighted by molar-refractivity contribution is -0.0424. The molecule has 0 saturated heterocycles. The van der Waals surface area contributed by atoms with Crippen LogP contribution in [0.5, 0.6) is 5.75 Å². The highest BCUT2D eigenvalue weighted by Gasteiger charge is 2.22. The first-order valence-corrected chi connectivity index (χ1v) is 10.1. The van der Waals surface area contributed by atoms with Gasteiger partial charge in [-0.2, -0.15) is 0 Å². The fraction of sp³-hybridized carbons (Fsp3) is 0.500. The maximum atomic E-state index is 10.2. The van der Waals surface area contributed by atoms with E-state index in [-0.39, 0.29) is 5.41 Å². The van der Waals surface area contributed by atoms with Crippen LogP contribution in [-0.4, -0.2) is 28.0 Å². The lowest BCUT2D eigenvalue weighted by Crippen LogP contribution is -2.32. The largest absolute Gasteiger partial charge is 0.491 e. The van der Waals surface area contributed by atoms with Gasteiger partial charge in [-0.1, -0.05) is 64.1 Å². The third-order valence-corrected chi connectivity index (χ3v) is 5.11. The van der Waals surface area contributed by atoms with Gasteiger partial charge in [0.1, 0.15) is 12.4 Å². The van der Waals surface area contributed by atoms with E-state index in [4.69, 9.17) is 14.9 Å². The van der Waals surface area contributed by atoms with Crippen molar-refractivity contribution in [1.29, 1.82) is 0 Å². The van der Waals surface area contributed by atoms with Crippen LogP contribution in [0.15, 0.2) is 42.5 Å². The number of rotatable bonds is 9. The summed E-state index contributed by atoms with van der Waals surface area (Å²) in [5.41, 5.74) is 3.96. The Hall–Kier alpha value is -1.88. The van der Waals surface area contributed by atoms with Gasteiger partial charge >= 0.3 is 0 Å². The predicted molar refractivity (Wildman–Crippen MR) is 112 cm³/mol. The minimum atomic E-state index is -1.41. The highest BCUT2D eigenvalue weighted by molar-refractivity contribution is 5.37. The molecule has 0 aromatic heterocycles. The minimum Gasteiger partial charge on any atom is -0.491 e. The van der Waals surface area contributed by atoms with Gasteiger partial charge < -0.3 is 20.1 Å². The molecule has 2 aromatic rings. The lowest BCUT2D eigenvalue weighted by Gasteiger charge is -2.26. The van der Waals surface area contributed by atoms with E-state index >= 15 is 0 Å². The average Bonchev–Trinajstić information content (AvgIpc) is 2.66. The standard InChI is InChI=1S/C24H34O4/c1-5-19-15-18(11-14-21(19)28-16-22(25)24(2,3)4)8-6-7-17-9-12-20(13-10-17)23(26)27/h9-15,22-23,25-27H,5-8,16H2,1-4H3. The summed E-state index contributed by atoms with van der Waals surface area (Å²) >= 11 is 0. The molecule has 0 heterocycles. The number of benzene rings is 2. The topological polar surface area (TPSA) is 69.9 Å². The van der Waals surface area contributed by atoms with Gasteiger partial charge in [-0.05, 0) is 53.9 Å². The Morgan fingerprint density at radius 2 is 1.50 bits per heavy atom. The Kier molecular flexibility index (Phi) is 8.05. The molecular formula is C24H34O4. The van der Waals surface area contributed by atoms with Crippen LogP contribution in [0.1, 0.15) is 62.7 Å². The maximum absolute atomic E-state index is 10.2. The van der Waals surface area contributed by atoms with E-state index in [0.29, 0.717) is 12.2 Å². The zero-order valence-electron chi connectivity index (χ0n) is 17.5. The molecule has 4 heteroatoms. The van der Waals surface area contributed by atoms with Gasteiger partial charge in [-0.3, -0.25) is 0 Å². The summed E-state index contributed by atoms with van der Waals surface area (Å²) in [7, 11) is 0. The summed E-state index contributed by atoms with van der Waals surface area (Å²) in [5, 5.41) is 28.5. The van der Waals surface area contributed by atoms with Gasteiger partial charge in [0.15, 0.2) is 6.29 Å². The third-order valence-electron chi connectivity index (χ3n) is 5.11. The summed E-state index contributed by atoms with van der Waals surface area (Å²) in [6, 6.07) is 13.7. The van der Waals surface area contributed by atoms with Crippen LogP contribution in [0.3, 0.4) is 0 Å². The number of aliphatic hydroxyl groups is 3. The van der Waals surface area contributed by atoms with Crippen LogP contribution >= 0.6 is 0 Å². The first kappa shape index (κ1) is 22.4. The Bertz CT molecular complexity index is 729. The van der Waals surface area contributed by atoms with E-state index in [0.717, 1.165) is 31.4 Å². The van der Waals surface area contributed by atoms with Gasteiger partial charge in [0.2, 0.25) is 0 Å². The van der Waals surface area contributed by atoms with E-state index in [1.54, 1.807) is 12.1 Å². The van der Waals surface area contributed by atoms with E-state index in [2.05, 4.69) is 19.1 Å². The molecule has 1 unspecified atom stereocenters. The number of hydrogen-bond acceptors (Lipinski definition) is 4. The minimum absolute atomic E-state index is 0.195. The first-order chi connectivity index (χ1) is 13.2. The average molecular weight is 387 g/mol. The monoisotopic (exact) mass is 386 g/mol. The summed E-state index contributed by atoms with van der Waals surface area (Å²) < 4.78 is 5.88. The molecule has 0 amide bonds. The summed E-state index contributed by atoms with van der Waals surface area (Å²) in [5.74, 6) is 0.854. The van der Waals surface area contributed by atoms with Crippen LogP contribution in [0.2, 0.25) is 0 Å². The molecule has 154 valence electrons. The number of ether oxygens (including phenoxy) is 1. The summed E-state index contributed by atoms with van der Waals surface area (Å²) in [6.07, 6.45) is 1.91. The molecule has 0 aliphatic carbocycles. The second-order valence-electron chi connectivity index (χ2n) is 8.46. The molecular weight excluding hydrogens is 352 g/mol. The fourth-order valence-corrected chi connectivity index (χ4v) is 2.98. The lowest BCUT2D eigenvalue weighted by atomic mass is 9.90. The Morgan fingerprint density at radius 3 is 2.07 bits per heavy atom. The second kappa shape index (κ2) is 10.1. The van der Waals surface area contributed by atoms with Crippen LogP contribution in [0.4, 0.5) is 0 Å². The smallest absolute Gasteiger partial charge is 0.178 e. The Morgan fingerprint density at radius 1 is 0.893 bits per heavy atom. The van der Waals surface area contributed by atoms with Crippen LogP contribution in [0, 0.1) is 5.41 Å². The molecule has 0 fully saturated rings. The Labute approximate surface area is 168 Å². The van der Waals surface area contributed by atoms with E-state index in [1.165, 1.54) is 16.7 Å². The molecule has 1 atom stereocenters. The van der Waals surface area contributed by atoms with E-state index < -0.39 is 12.4 Å². The zero-order valence-corrected chi connectivity index (χ0v) is 17.5. The van der Waals surface area contributed by atoms with Gasteiger partial charge in [-0.25, -0.2) is 0 Å². The normalized spacial score (nSPS) is 13.0. The molecule has 0 aliphatic heterocycles. The van der Waals surface area contributed by atoms with Crippen molar-refractivity contribution in [2.75, 3.05) is 6.61 Å². The van der Waals surface area contributed by atoms with Crippen molar-refractivity contribution in [1.82, 2.24) is 0 Å². The van der Waals surface area contributed by atoms with Crippen molar-refractivity contribution >= 4 is 0 Å². The van der Waals surface area contributed by atoms with Gasteiger partial charge in [-0.15, -0.1) is 0 Å². The molecule has 0 bridgehead atoms. The van der Waals surface area contributed by atoms with Crippen molar-refractivity contribution in [2.24, 2.45) is 5.41 Å². The van der Waals surface area contributed by atoms with E-state index in [9.17, 15) is 5.11 Å². The van der Waals surface area contributed by atoms with Crippen molar-refractivity contribution in [3.8, 4) is 5.75 Å². The second-order valence-corrected chi connectivity index (χ2v) is 8.46. The van der Waals surface area contributed by atoms with Crippen LogP contribution in [0.25, 0.3) is 0 Å². The molecule has 28 heavy (non-hydrogen) atoms. The van der Waals surface area contributed by atoms with E-state index in [1.807, 2.05) is 39.0 Å². The van der Waals surface area contributed by atoms with Crippen LogP contribution in [-0.2, 0) is 19.3 Å². The molecule has 3 N–H and O–H groups in total. The molecule has 0 spiro atoms. The number of hydrogen-bond donors (Lipinski definition) is 3. The quantitative estimate of drug-likeness (QED) is 0.565. The van der Waals surface area contributed by atoms with Crippen molar-refractivity contribution < 1.29 is 20.1 Å². The Balaban J connectivity index is 1.90. The highest BCUT2D eigenvalue weighted by atomic mass is 16.5. The molecule has 0 radical (unpaired) electrons. The summed E-state index contributed by atoms with van der Waals surface area (Å²) in [6.45, 7) is 8.43. The van der Waals surface area contributed by atoms with Gasteiger partial charge in [0.25, 0.3) is 0 Å². The molecule has 2 rings (SSSR count). The zero-order chi connectivity index (χ0) is 20.7. The number of aryl methyl sites for hydroxylation is 3. The number of aliphatic hydroxyl groups excluding tert-OH is 2. The van der Waals surface area contributed by atoms with Crippen molar-refractivity contribution in [3.05, 3.63) is 64.7 Å². The SMILES string of the molecule is CCc1cc(CCCc2ccc(C(O)O)cc2)ccc1OCC(O)C(C)(C)C. The maximum Gasteiger partial charge on any atom is 0.178 e. The molecule has 0 aliphatic rings. The summed E-state index contributed by atoms with van der Waals surface area (Å²) in [4.78, 5) is 0. The molecule has 2 aromatic carbocycles. The third kappa shape index (κ3) is 6.62. The van der Waals surface area contributed by atoms with Gasteiger partial charge in [0.05, 0.1) is 6.10 Å².